The summed E-state index contributed by atoms with van der Waals surface area (Å²) in [6.07, 6.45) is 0.325. The first kappa shape index (κ1) is 13.2. The summed E-state index contributed by atoms with van der Waals surface area (Å²) in [5.41, 5.74) is 11.6. The van der Waals surface area contributed by atoms with Crippen molar-refractivity contribution in [1.29, 1.82) is 5.26 Å². The fourth-order valence-electron chi connectivity index (χ4n) is 1.48. The first-order chi connectivity index (χ1) is 9.60. The zero-order chi connectivity index (χ0) is 14.5. The standard InChI is InChI=1S/C12H11N7O/c13-6-5-7-1-3-8(4-2-7)18-19-9-10(14)16-12(15)17-11(9)20/h1-4H,5H2,(H5,14,15,16,17,20). The lowest BCUT2D eigenvalue weighted by Crippen LogP contribution is -2.12. The molecule has 0 amide bonds. The van der Waals surface area contributed by atoms with Crippen LogP contribution in [0.1, 0.15) is 5.56 Å². The predicted molar refractivity (Wildman–Crippen MR) is 73.6 cm³/mol. The summed E-state index contributed by atoms with van der Waals surface area (Å²) < 4.78 is 0. The molecule has 0 aliphatic rings. The number of nitrogens with one attached hydrogen (secondary N) is 1. The van der Waals surface area contributed by atoms with Crippen molar-refractivity contribution in [3.8, 4) is 6.07 Å². The fourth-order valence-corrected chi connectivity index (χ4v) is 1.48. The number of benzene rings is 1. The Bertz CT molecular complexity index is 740. The number of hydrogen-bond donors (Lipinski definition) is 3. The van der Waals surface area contributed by atoms with Crippen molar-refractivity contribution < 1.29 is 0 Å². The Kier molecular flexibility index (Phi) is 3.72. The molecular weight excluding hydrogens is 258 g/mol. The lowest BCUT2D eigenvalue weighted by molar-refractivity contribution is 1.10. The van der Waals surface area contributed by atoms with Crippen molar-refractivity contribution in [1.82, 2.24) is 9.97 Å². The zero-order valence-corrected chi connectivity index (χ0v) is 10.4. The second-order valence-corrected chi connectivity index (χ2v) is 3.89. The molecule has 0 saturated heterocycles. The maximum Gasteiger partial charge on any atom is 0.282 e. The third-order valence-electron chi connectivity index (χ3n) is 2.43. The SMILES string of the molecule is N#CCc1ccc(N=Nc2c(N)nc(N)[nH]c2=O)cc1. The molecule has 1 aromatic heterocycles. The number of nitriles is 1. The molecule has 0 aliphatic carbocycles. The van der Waals surface area contributed by atoms with Crippen LogP contribution in [0.2, 0.25) is 0 Å². The Hall–Kier alpha value is -3.21. The number of hydrogen-bond acceptors (Lipinski definition) is 7. The van der Waals surface area contributed by atoms with Crippen molar-refractivity contribution in [2.24, 2.45) is 10.2 Å². The monoisotopic (exact) mass is 269 g/mol. The van der Waals surface area contributed by atoms with Gasteiger partial charge in [-0.1, -0.05) is 12.1 Å². The number of nitrogen functional groups attached to an aromatic ring is 2. The molecule has 8 heteroatoms. The van der Waals surface area contributed by atoms with Gasteiger partial charge in [0, 0.05) is 0 Å². The van der Waals surface area contributed by atoms with Crippen molar-refractivity contribution in [2.45, 2.75) is 6.42 Å². The summed E-state index contributed by atoms with van der Waals surface area (Å²) in [5, 5.41) is 16.2. The molecular formula is C12H11N7O. The van der Waals surface area contributed by atoms with E-state index in [0.29, 0.717) is 12.1 Å². The average molecular weight is 269 g/mol. The Morgan fingerprint density at radius 2 is 1.95 bits per heavy atom. The fraction of sp³-hybridized carbons (Fsp3) is 0.0833. The van der Waals surface area contributed by atoms with Crippen LogP contribution in [-0.4, -0.2) is 9.97 Å². The number of H-pyrrole nitrogens is 1. The average Bonchev–Trinajstić information content (AvgIpc) is 2.39. The molecule has 0 bridgehead atoms. The van der Waals surface area contributed by atoms with E-state index in [1.165, 1.54) is 0 Å². The molecule has 0 unspecified atom stereocenters. The number of aromatic nitrogens is 2. The van der Waals surface area contributed by atoms with Gasteiger partial charge in [-0.25, -0.2) is 0 Å². The lowest BCUT2D eigenvalue weighted by Gasteiger charge is -1.99. The van der Waals surface area contributed by atoms with Crippen molar-refractivity contribution in [2.75, 3.05) is 11.5 Å². The maximum atomic E-state index is 11.6. The van der Waals surface area contributed by atoms with Crippen LogP contribution in [0.15, 0.2) is 39.3 Å². The summed E-state index contributed by atoms with van der Waals surface area (Å²) in [5.74, 6) is -0.164. The summed E-state index contributed by atoms with van der Waals surface area (Å²) in [7, 11) is 0. The van der Waals surface area contributed by atoms with E-state index in [2.05, 4.69) is 20.2 Å². The van der Waals surface area contributed by atoms with Crippen molar-refractivity contribution in [3.63, 3.8) is 0 Å². The van der Waals surface area contributed by atoms with Crippen LogP contribution in [0.4, 0.5) is 23.1 Å². The Labute approximate surface area is 113 Å². The minimum atomic E-state index is -0.556. The van der Waals surface area contributed by atoms with Gasteiger partial charge in [-0.05, 0) is 17.7 Å². The Morgan fingerprint density at radius 1 is 1.25 bits per heavy atom. The van der Waals surface area contributed by atoms with E-state index in [-0.39, 0.29) is 17.5 Å². The lowest BCUT2D eigenvalue weighted by atomic mass is 10.1. The predicted octanol–water partition coefficient (Wildman–Crippen LogP) is 1.42. The number of anilines is 2. The van der Waals surface area contributed by atoms with Gasteiger partial charge in [-0.3, -0.25) is 9.78 Å². The number of nitrogens with two attached hydrogens (primary N) is 2. The molecule has 0 aliphatic heterocycles. The van der Waals surface area contributed by atoms with Crippen LogP contribution in [0.25, 0.3) is 0 Å². The third-order valence-corrected chi connectivity index (χ3v) is 2.43. The van der Waals surface area contributed by atoms with E-state index in [1.807, 2.05) is 6.07 Å². The van der Waals surface area contributed by atoms with E-state index in [0.717, 1.165) is 5.56 Å². The van der Waals surface area contributed by atoms with Crippen molar-refractivity contribution >= 4 is 23.1 Å². The molecule has 0 radical (unpaired) electrons. The second kappa shape index (κ2) is 5.62. The number of nitrogens with zero attached hydrogens (tertiary/aromatic N) is 4. The molecule has 1 heterocycles. The van der Waals surface area contributed by atoms with Crippen LogP contribution >= 0.6 is 0 Å². The van der Waals surface area contributed by atoms with Gasteiger partial charge in [-0.15, -0.1) is 5.11 Å². The maximum absolute atomic E-state index is 11.6. The molecule has 0 saturated carbocycles. The largest absolute Gasteiger partial charge is 0.382 e. The smallest absolute Gasteiger partial charge is 0.282 e. The first-order valence-electron chi connectivity index (χ1n) is 5.63. The van der Waals surface area contributed by atoms with Crippen molar-refractivity contribution in [3.05, 3.63) is 40.2 Å². The number of rotatable bonds is 3. The van der Waals surface area contributed by atoms with E-state index < -0.39 is 5.56 Å². The van der Waals surface area contributed by atoms with Gasteiger partial charge in [-0.2, -0.15) is 15.4 Å². The highest BCUT2D eigenvalue weighted by molar-refractivity contribution is 5.57. The molecule has 100 valence electrons. The normalized spacial score (nSPS) is 10.6. The molecule has 2 rings (SSSR count). The second-order valence-electron chi connectivity index (χ2n) is 3.89. The van der Waals surface area contributed by atoms with E-state index >= 15 is 0 Å². The van der Waals surface area contributed by atoms with Gasteiger partial charge in [0.15, 0.2) is 11.5 Å². The summed E-state index contributed by atoms with van der Waals surface area (Å²) in [6.45, 7) is 0. The molecule has 0 fully saturated rings. The van der Waals surface area contributed by atoms with Gasteiger partial charge in [0.2, 0.25) is 5.95 Å². The minimum Gasteiger partial charge on any atom is -0.382 e. The third kappa shape index (κ3) is 2.97. The van der Waals surface area contributed by atoms with Gasteiger partial charge >= 0.3 is 0 Å². The highest BCUT2D eigenvalue weighted by Gasteiger charge is 2.06. The quantitative estimate of drug-likeness (QED) is 0.721. The summed E-state index contributed by atoms with van der Waals surface area (Å²) in [4.78, 5) is 17.6. The van der Waals surface area contributed by atoms with Gasteiger partial charge in [0.05, 0.1) is 18.2 Å². The molecule has 0 spiro atoms. The minimum absolute atomic E-state index is 0.0766. The Balaban J connectivity index is 2.26. The molecule has 8 nitrogen and oxygen atoms in total. The van der Waals surface area contributed by atoms with E-state index in [1.54, 1.807) is 24.3 Å². The highest BCUT2D eigenvalue weighted by Crippen LogP contribution is 2.19. The number of aromatic amines is 1. The topological polar surface area (TPSA) is 146 Å². The molecule has 0 atom stereocenters. The number of azo groups is 1. The zero-order valence-electron chi connectivity index (χ0n) is 10.4. The van der Waals surface area contributed by atoms with Crippen LogP contribution in [0.3, 0.4) is 0 Å². The summed E-state index contributed by atoms with van der Waals surface area (Å²) in [6, 6.07) is 8.93. The van der Waals surface area contributed by atoms with Crippen LogP contribution in [-0.2, 0) is 6.42 Å². The highest BCUT2D eigenvalue weighted by atomic mass is 16.1. The molecule has 5 N–H and O–H groups in total. The summed E-state index contributed by atoms with van der Waals surface area (Å²) >= 11 is 0. The van der Waals surface area contributed by atoms with Crippen LogP contribution in [0, 0.1) is 11.3 Å². The van der Waals surface area contributed by atoms with E-state index in [4.69, 9.17) is 16.7 Å². The molecule has 20 heavy (non-hydrogen) atoms. The van der Waals surface area contributed by atoms with Gasteiger partial charge in [0.25, 0.3) is 5.56 Å². The van der Waals surface area contributed by atoms with Gasteiger partial charge < -0.3 is 11.5 Å². The first-order valence-corrected chi connectivity index (χ1v) is 5.63. The van der Waals surface area contributed by atoms with Crippen LogP contribution < -0.4 is 17.0 Å². The Morgan fingerprint density at radius 3 is 2.55 bits per heavy atom. The molecule has 1 aromatic carbocycles. The van der Waals surface area contributed by atoms with Gasteiger partial charge in [0.1, 0.15) is 0 Å². The van der Waals surface area contributed by atoms with Crippen LogP contribution in [0.5, 0.6) is 0 Å². The molecule has 2 aromatic rings. The van der Waals surface area contributed by atoms with E-state index in [9.17, 15) is 4.79 Å².